The lowest BCUT2D eigenvalue weighted by Crippen LogP contribution is -2.04. The molecule has 0 spiro atoms. The van der Waals surface area contributed by atoms with E-state index in [1.54, 1.807) is 22.7 Å². The Bertz CT molecular complexity index is 1980. The second kappa shape index (κ2) is 11.6. The fourth-order valence-corrected chi connectivity index (χ4v) is 7.77. The smallest absolute Gasteiger partial charge is 0.195 e. The van der Waals surface area contributed by atoms with Crippen LogP contribution in [-0.4, -0.2) is 0 Å². The topological polar surface area (TPSA) is 34.1 Å². The zero-order valence-corrected chi connectivity index (χ0v) is 25.8. The summed E-state index contributed by atoms with van der Waals surface area (Å²) in [6, 6.07) is 24.5. The lowest BCUT2D eigenvalue weighted by Gasteiger charge is -2.15. The molecule has 0 saturated carbocycles. The van der Waals surface area contributed by atoms with E-state index < -0.39 is 0 Å². The Balaban J connectivity index is 0.000000162. The van der Waals surface area contributed by atoms with Crippen molar-refractivity contribution < 1.29 is 0 Å². The van der Waals surface area contributed by atoms with Crippen molar-refractivity contribution in [3.8, 4) is 0 Å². The van der Waals surface area contributed by atoms with Crippen LogP contribution in [0, 0.1) is 0 Å². The molecule has 0 aliphatic rings. The SMILES string of the molecule is CC(C)c1cc(C(C)C)c2sc3ccccc3c(=O)c2c1.CCc1cc(CC)c2sc3ccccc3c(=O)c2c1. The minimum Gasteiger partial charge on any atom is -0.289 e. The molecule has 4 heteroatoms. The number of rotatable bonds is 4. The first kappa shape index (κ1) is 28.2. The first-order chi connectivity index (χ1) is 19.2. The molecule has 0 atom stereocenters. The van der Waals surface area contributed by atoms with Crippen LogP contribution in [-0.2, 0) is 12.8 Å². The minimum atomic E-state index is 0.170. The highest BCUT2D eigenvalue weighted by atomic mass is 32.1. The van der Waals surface area contributed by atoms with Crippen LogP contribution >= 0.6 is 22.7 Å². The van der Waals surface area contributed by atoms with Crippen molar-refractivity contribution in [2.24, 2.45) is 0 Å². The van der Waals surface area contributed by atoms with Gasteiger partial charge in [0.05, 0.1) is 0 Å². The maximum Gasteiger partial charge on any atom is 0.195 e. The third-order valence-electron chi connectivity index (χ3n) is 7.62. The maximum absolute atomic E-state index is 12.8. The molecule has 0 unspecified atom stereocenters. The zero-order valence-electron chi connectivity index (χ0n) is 24.1. The molecule has 204 valence electrons. The third kappa shape index (κ3) is 5.23. The van der Waals surface area contributed by atoms with E-state index in [9.17, 15) is 9.59 Å². The van der Waals surface area contributed by atoms with Crippen LogP contribution in [0.4, 0.5) is 0 Å². The predicted molar refractivity (Wildman–Crippen MR) is 178 cm³/mol. The monoisotopic (exact) mass is 564 g/mol. The summed E-state index contributed by atoms with van der Waals surface area (Å²) in [5.74, 6) is 0.853. The minimum absolute atomic E-state index is 0.170. The number of benzene rings is 4. The normalized spacial score (nSPS) is 11.6. The van der Waals surface area contributed by atoms with Gasteiger partial charge in [0.25, 0.3) is 0 Å². The van der Waals surface area contributed by atoms with Gasteiger partial charge in [-0.3, -0.25) is 9.59 Å². The molecule has 0 amide bonds. The van der Waals surface area contributed by atoms with Crippen molar-refractivity contribution in [1.82, 2.24) is 0 Å². The van der Waals surface area contributed by atoms with Gasteiger partial charge < -0.3 is 0 Å². The lowest BCUT2D eigenvalue weighted by molar-refractivity contribution is 0.842. The van der Waals surface area contributed by atoms with Crippen molar-refractivity contribution in [2.45, 2.75) is 66.2 Å². The van der Waals surface area contributed by atoms with E-state index in [0.717, 1.165) is 53.2 Å². The van der Waals surface area contributed by atoms with Crippen molar-refractivity contribution in [2.75, 3.05) is 0 Å². The van der Waals surface area contributed by atoms with Crippen LogP contribution < -0.4 is 10.9 Å². The lowest BCUT2D eigenvalue weighted by atomic mass is 9.93. The van der Waals surface area contributed by atoms with Gasteiger partial charge in [-0.1, -0.05) is 77.9 Å². The van der Waals surface area contributed by atoms with E-state index in [2.05, 4.69) is 65.8 Å². The van der Waals surface area contributed by atoms with Crippen LogP contribution in [0.5, 0.6) is 0 Å². The second-order valence-electron chi connectivity index (χ2n) is 11.0. The molecule has 2 nitrogen and oxygen atoms in total. The zero-order chi connectivity index (χ0) is 28.6. The largest absolute Gasteiger partial charge is 0.289 e. The van der Waals surface area contributed by atoms with E-state index in [0.29, 0.717) is 11.8 Å². The standard InChI is InChI=1S/C19H20OS.C17H16OS/c1-11(2)13-9-15(12(3)4)19-16(10-13)18(20)14-7-5-6-8-17(14)21-19;1-3-11-9-12(4-2)17-14(10-11)16(18)13-7-5-6-8-15(13)19-17/h5-12H,1-4H3;5-10H,3-4H2,1-2H3. The molecule has 6 rings (SSSR count). The molecule has 40 heavy (non-hydrogen) atoms. The summed E-state index contributed by atoms with van der Waals surface area (Å²) >= 11 is 3.48. The van der Waals surface area contributed by atoms with Crippen molar-refractivity contribution >= 4 is 63.0 Å². The van der Waals surface area contributed by atoms with E-state index >= 15 is 0 Å². The first-order valence-electron chi connectivity index (χ1n) is 14.2. The third-order valence-corrected chi connectivity index (χ3v) is 10.1. The van der Waals surface area contributed by atoms with Gasteiger partial charge in [0.2, 0.25) is 0 Å². The van der Waals surface area contributed by atoms with Crippen LogP contribution in [0.1, 0.15) is 75.6 Å². The fraction of sp³-hybridized carbons (Fsp3) is 0.278. The van der Waals surface area contributed by atoms with Gasteiger partial charge in [0.1, 0.15) is 0 Å². The Hall–Kier alpha value is -3.34. The maximum atomic E-state index is 12.8. The predicted octanol–water partition coefficient (Wildman–Crippen LogP) is 10.2. The van der Waals surface area contributed by atoms with Crippen molar-refractivity contribution in [3.63, 3.8) is 0 Å². The first-order valence-corrected chi connectivity index (χ1v) is 15.8. The summed E-state index contributed by atoms with van der Waals surface area (Å²) in [4.78, 5) is 25.5. The van der Waals surface area contributed by atoms with Crippen molar-refractivity contribution in [3.05, 3.63) is 115 Å². The molecule has 0 N–H and O–H groups in total. The molecule has 0 bridgehead atoms. The second-order valence-corrected chi connectivity index (χ2v) is 13.1. The van der Waals surface area contributed by atoms with Crippen LogP contribution in [0.25, 0.3) is 40.3 Å². The quantitative estimate of drug-likeness (QED) is 0.200. The Morgan fingerprint density at radius 3 is 1.68 bits per heavy atom. The summed E-state index contributed by atoms with van der Waals surface area (Å²) < 4.78 is 4.47. The Morgan fingerprint density at radius 2 is 1.15 bits per heavy atom. The van der Waals surface area contributed by atoms with Gasteiger partial charge in [0, 0.05) is 40.3 Å². The Labute approximate surface area is 243 Å². The average molecular weight is 565 g/mol. The highest BCUT2D eigenvalue weighted by Crippen LogP contribution is 2.34. The summed E-state index contributed by atoms with van der Waals surface area (Å²) in [5, 5.41) is 3.45. The van der Waals surface area contributed by atoms with E-state index in [1.165, 1.54) is 22.3 Å². The van der Waals surface area contributed by atoms with Crippen LogP contribution in [0.2, 0.25) is 0 Å². The summed E-state index contributed by atoms with van der Waals surface area (Å²) in [6.45, 7) is 13.0. The Kier molecular flexibility index (Phi) is 8.21. The molecule has 2 aromatic heterocycles. The molecule has 0 aliphatic heterocycles. The molecule has 4 aromatic carbocycles. The highest BCUT2D eigenvalue weighted by molar-refractivity contribution is 7.25. The molecule has 0 radical (unpaired) electrons. The molecule has 0 saturated heterocycles. The van der Waals surface area contributed by atoms with Gasteiger partial charge in [-0.2, -0.15) is 0 Å². The van der Waals surface area contributed by atoms with E-state index in [-0.39, 0.29) is 10.9 Å². The Morgan fingerprint density at radius 1 is 0.600 bits per heavy atom. The van der Waals surface area contributed by atoms with Gasteiger partial charge >= 0.3 is 0 Å². The molecule has 0 aliphatic carbocycles. The number of hydrogen-bond acceptors (Lipinski definition) is 4. The molecular weight excluding hydrogens is 529 g/mol. The molecule has 6 aromatic rings. The number of aryl methyl sites for hydroxylation is 2. The summed E-state index contributed by atoms with van der Waals surface area (Å²) in [6.07, 6.45) is 1.94. The molecule has 2 heterocycles. The molecular formula is C36H36O2S2. The summed E-state index contributed by atoms with van der Waals surface area (Å²) in [5.41, 5.74) is 5.44. The number of fused-ring (bicyclic) bond motifs is 4. The van der Waals surface area contributed by atoms with Gasteiger partial charge in [-0.25, -0.2) is 0 Å². The van der Waals surface area contributed by atoms with Gasteiger partial charge in [-0.15, -0.1) is 22.7 Å². The average Bonchev–Trinajstić information content (AvgIpc) is 2.97. The van der Waals surface area contributed by atoms with E-state index in [1.807, 2.05) is 48.5 Å². The van der Waals surface area contributed by atoms with Crippen molar-refractivity contribution in [1.29, 1.82) is 0 Å². The van der Waals surface area contributed by atoms with Crippen LogP contribution in [0.3, 0.4) is 0 Å². The van der Waals surface area contributed by atoms with Gasteiger partial charge in [-0.05, 0) is 83.3 Å². The fourth-order valence-electron chi connectivity index (χ4n) is 5.23. The highest BCUT2D eigenvalue weighted by Gasteiger charge is 2.14. The van der Waals surface area contributed by atoms with Crippen LogP contribution in [0.15, 0.2) is 82.4 Å². The van der Waals surface area contributed by atoms with Gasteiger partial charge in [0.15, 0.2) is 10.9 Å². The van der Waals surface area contributed by atoms with E-state index in [4.69, 9.17) is 0 Å². The molecule has 0 fully saturated rings. The summed E-state index contributed by atoms with van der Waals surface area (Å²) in [7, 11) is 0. The number of hydrogen-bond donors (Lipinski definition) is 0.